The maximum Gasteiger partial charge on any atom is 0.256 e. The summed E-state index contributed by atoms with van der Waals surface area (Å²) in [6.07, 6.45) is 1.45. The Labute approximate surface area is 112 Å². The van der Waals surface area contributed by atoms with Crippen LogP contribution in [0.3, 0.4) is 0 Å². The molecule has 0 spiro atoms. The molecule has 96 valence electrons. The zero-order valence-electron chi connectivity index (χ0n) is 9.94. The highest BCUT2D eigenvalue weighted by molar-refractivity contribution is 9.10. The SMILES string of the molecule is COc1cc(CNC(=O)c2ccoc2Br)nn1C. The first kappa shape index (κ1) is 12.7. The van der Waals surface area contributed by atoms with Crippen LogP contribution in [0.4, 0.5) is 0 Å². The number of nitrogens with one attached hydrogen (secondary N) is 1. The maximum absolute atomic E-state index is 11.8. The van der Waals surface area contributed by atoms with Crippen molar-refractivity contribution in [3.8, 4) is 5.88 Å². The van der Waals surface area contributed by atoms with Crippen molar-refractivity contribution in [2.45, 2.75) is 6.54 Å². The number of nitrogens with zero attached hydrogens (tertiary/aromatic N) is 2. The summed E-state index contributed by atoms with van der Waals surface area (Å²) in [6, 6.07) is 3.36. The molecule has 0 aliphatic rings. The highest BCUT2D eigenvalue weighted by Crippen LogP contribution is 2.17. The molecular weight excluding hydrogens is 302 g/mol. The van der Waals surface area contributed by atoms with E-state index in [1.54, 1.807) is 31.0 Å². The van der Waals surface area contributed by atoms with Crippen molar-refractivity contribution in [2.75, 3.05) is 7.11 Å². The molecule has 0 atom stereocenters. The summed E-state index contributed by atoms with van der Waals surface area (Å²) in [5.74, 6) is 0.420. The Morgan fingerprint density at radius 1 is 1.67 bits per heavy atom. The molecule has 0 saturated heterocycles. The van der Waals surface area contributed by atoms with Crippen molar-refractivity contribution in [3.05, 3.63) is 34.3 Å². The number of aromatic nitrogens is 2. The summed E-state index contributed by atoms with van der Waals surface area (Å²) < 4.78 is 12.1. The predicted octanol–water partition coefficient (Wildman–Crippen LogP) is 1.71. The minimum atomic E-state index is -0.222. The van der Waals surface area contributed by atoms with Gasteiger partial charge in [0.05, 0.1) is 31.2 Å². The number of rotatable bonds is 4. The molecule has 0 bridgehead atoms. The van der Waals surface area contributed by atoms with Crippen molar-refractivity contribution in [1.29, 1.82) is 0 Å². The van der Waals surface area contributed by atoms with Gasteiger partial charge in [-0.05, 0) is 22.0 Å². The van der Waals surface area contributed by atoms with Crippen molar-refractivity contribution in [2.24, 2.45) is 7.05 Å². The van der Waals surface area contributed by atoms with E-state index in [9.17, 15) is 4.79 Å². The summed E-state index contributed by atoms with van der Waals surface area (Å²) in [4.78, 5) is 11.8. The summed E-state index contributed by atoms with van der Waals surface area (Å²) in [6.45, 7) is 0.327. The Morgan fingerprint density at radius 2 is 2.44 bits per heavy atom. The number of amides is 1. The molecule has 0 aliphatic carbocycles. The van der Waals surface area contributed by atoms with Crippen LogP contribution in [0.25, 0.3) is 0 Å². The fraction of sp³-hybridized carbons (Fsp3) is 0.273. The van der Waals surface area contributed by atoms with E-state index in [2.05, 4.69) is 26.3 Å². The first-order chi connectivity index (χ1) is 8.61. The van der Waals surface area contributed by atoms with Crippen LogP contribution < -0.4 is 10.1 Å². The van der Waals surface area contributed by atoms with Crippen LogP contribution in [0.2, 0.25) is 0 Å². The topological polar surface area (TPSA) is 69.3 Å². The van der Waals surface area contributed by atoms with Gasteiger partial charge in [-0.15, -0.1) is 0 Å². The zero-order valence-corrected chi connectivity index (χ0v) is 11.5. The molecule has 1 N–H and O–H groups in total. The van der Waals surface area contributed by atoms with Crippen LogP contribution in [0, 0.1) is 0 Å². The van der Waals surface area contributed by atoms with Crippen molar-refractivity contribution < 1.29 is 13.9 Å². The maximum atomic E-state index is 11.8. The van der Waals surface area contributed by atoms with Gasteiger partial charge in [-0.3, -0.25) is 4.79 Å². The van der Waals surface area contributed by atoms with E-state index in [-0.39, 0.29) is 5.91 Å². The number of furan rings is 1. The fourth-order valence-electron chi connectivity index (χ4n) is 1.51. The summed E-state index contributed by atoms with van der Waals surface area (Å²) in [7, 11) is 3.35. The average Bonchev–Trinajstić information content (AvgIpc) is 2.92. The monoisotopic (exact) mass is 313 g/mol. The lowest BCUT2D eigenvalue weighted by Crippen LogP contribution is -2.22. The number of ether oxygens (including phenoxy) is 1. The molecule has 0 unspecified atom stereocenters. The van der Waals surface area contributed by atoms with Gasteiger partial charge in [-0.25, -0.2) is 4.68 Å². The van der Waals surface area contributed by atoms with Crippen LogP contribution in [0.1, 0.15) is 16.1 Å². The minimum absolute atomic E-state index is 0.222. The first-order valence-electron chi connectivity index (χ1n) is 5.20. The van der Waals surface area contributed by atoms with Crippen LogP contribution in [-0.4, -0.2) is 22.8 Å². The lowest BCUT2D eigenvalue weighted by molar-refractivity contribution is 0.0948. The Bertz CT molecular complexity index is 562. The number of aryl methyl sites for hydroxylation is 1. The number of halogens is 1. The summed E-state index contributed by atoms with van der Waals surface area (Å²) >= 11 is 3.15. The number of methoxy groups -OCH3 is 1. The highest BCUT2D eigenvalue weighted by atomic mass is 79.9. The summed E-state index contributed by atoms with van der Waals surface area (Å²) in [5, 5.41) is 6.95. The molecular formula is C11H12BrN3O3. The molecule has 2 heterocycles. The van der Waals surface area contributed by atoms with E-state index in [0.29, 0.717) is 22.7 Å². The Morgan fingerprint density at radius 3 is 3.00 bits per heavy atom. The Kier molecular flexibility index (Phi) is 3.71. The number of carbonyl (C=O) groups excluding carboxylic acids is 1. The van der Waals surface area contributed by atoms with Crippen LogP contribution in [-0.2, 0) is 13.6 Å². The highest BCUT2D eigenvalue weighted by Gasteiger charge is 2.13. The van der Waals surface area contributed by atoms with Gasteiger partial charge in [-0.2, -0.15) is 5.10 Å². The molecule has 0 fully saturated rings. The normalized spacial score (nSPS) is 10.4. The molecule has 18 heavy (non-hydrogen) atoms. The van der Waals surface area contributed by atoms with E-state index in [1.807, 2.05) is 0 Å². The van der Waals surface area contributed by atoms with Gasteiger partial charge in [0.25, 0.3) is 5.91 Å². The van der Waals surface area contributed by atoms with Crippen molar-refractivity contribution in [3.63, 3.8) is 0 Å². The quantitative estimate of drug-likeness (QED) is 0.933. The second-order valence-electron chi connectivity index (χ2n) is 3.59. The van der Waals surface area contributed by atoms with E-state index >= 15 is 0 Å². The molecule has 2 aromatic heterocycles. The second-order valence-corrected chi connectivity index (χ2v) is 4.31. The lowest BCUT2D eigenvalue weighted by atomic mass is 10.3. The Balaban J connectivity index is 1.99. The lowest BCUT2D eigenvalue weighted by Gasteiger charge is -2.00. The van der Waals surface area contributed by atoms with Gasteiger partial charge in [-0.1, -0.05) is 0 Å². The molecule has 2 rings (SSSR count). The van der Waals surface area contributed by atoms with Crippen molar-refractivity contribution >= 4 is 21.8 Å². The van der Waals surface area contributed by atoms with E-state index < -0.39 is 0 Å². The Hall–Kier alpha value is -1.76. The number of hydrogen-bond donors (Lipinski definition) is 1. The van der Waals surface area contributed by atoms with Gasteiger partial charge < -0.3 is 14.5 Å². The van der Waals surface area contributed by atoms with E-state index in [4.69, 9.17) is 9.15 Å². The van der Waals surface area contributed by atoms with Gasteiger partial charge in [0, 0.05) is 13.1 Å². The standard InChI is InChI=1S/C11H12BrN3O3/c1-15-9(17-2)5-7(14-15)6-13-11(16)8-3-4-18-10(8)12/h3-5H,6H2,1-2H3,(H,13,16). The average molecular weight is 314 g/mol. The van der Waals surface area contributed by atoms with Gasteiger partial charge in [0.2, 0.25) is 5.88 Å². The van der Waals surface area contributed by atoms with Crippen molar-refractivity contribution in [1.82, 2.24) is 15.1 Å². The molecule has 0 saturated carbocycles. The third kappa shape index (κ3) is 2.56. The number of carbonyl (C=O) groups is 1. The molecule has 7 heteroatoms. The van der Waals surface area contributed by atoms with Gasteiger partial charge in [0.15, 0.2) is 4.67 Å². The second kappa shape index (κ2) is 5.26. The van der Waals surface area contributed by atoms with E-state index in [0.717, 1.165) is 5.69 Å². The van der Waals surface area contributed by atoms with Crippen LogP contribution in [0.15, 0.2) is 27.5 Å². The minimum Gasteiger partial charge on any atom is -0.481 e. The molecule has 1 amide bonds. The van der Waals surface area contributed by atoms with Crippen LogP contribution >= 0.6 is 15.9 Å². The third-order valence-corrected chi connectivity index (χ3v) is 3.00. The van der Waals surface area contributed by atoms with Gasteiger partial charge >= 0.3 is 0 Å². The predicted molar refractivity (Wildman–Crippen MR) is 67.3 cm³/mol. The molecule has 0 radical (unpaired) electrons. The molecule has 0 aliphatic heterocycles. The molecule has 2 aromatic rings. The van der Waals surface area contributed by atoms with Gasteiger partial charge in [0.1, 0.15) is 0 Å². The third-order valence-electron chi connectivity index (χ3n) is 2.39. The molecule has 6 nitrogen and oxygen atoms in total. The largest absolute Gasteiger partial charge is 0.481 e. The van der Waals surface area contributed by atoms with E-state index in [1.165, 1.54) is 6.26 Å². The smallest absolute Gasteiger partial charge is 0.256 e. The van der Waals surface area contributed by atoms with Crippen LogP contribution in [0.5, 0.6) is 5.88 Å². The first-order valence-corrected chi connectivity index (χ1v) is 5.99. The summed E-state index contributed by atoms with van der Waals surface area (Å²) in [5.41, 5.74) is 1.18. The fourth-order valence-corrected chi connectivity index (χ4v) is 1.93. The number of hydrogen-bond acceptors (Lipinski definition) is 4. The molecule has 0 aromatic carbocycles. The zero-order chi connectivity index (χ0) is 13.1.